The molecule has 0 aliphatic carbocycles. The minimum atomic E-state index is -0.491. The van der Waals surface area contributed by atoms with Crippen molar-refractivity contribution < 1.29 is 19.0 Å². The topological polar surface area (TPSA) is 88.5 Å². The molecule has 154 valence electrons. The zero-order valence-electron chi connectivity index (χ0n) is 16.1. The van der Waals surface area contributed by atoms with Crippen LogP contribution in [0.25, 0.3) is 10.9 Å². The number of ether oxygens (including phenoxy) is 2. The summed E-state index contributed by atoms with van der Waals surface area (Å²) in [7, 11) is 1.56. The van der Waals surface area contributed by atoms with Gasteiger partial charge in [0.1, 0.15) is 24.6 Å². The lowest BCUT2D eigenvalue weighted by atomic mass is 10.2. The molecule has 3 aromatic rings. The van der Waals surface area contributed by atoms with E-state index in [1.54, 1.807) is 32.2 Å². The van der Waals surface area contributed by atoms with Gasteiger partial charge >= 0.3 is 0 Å². The summed E-state index contributed by atoms with van der Waals surface area (Å²) in [4.78, 5) is 8.57. The van der Waals surface area contributed by atoms with E-state index in [9.17, 15) is 9.50 Å². The third kappa shape index (κ3) is 5.44. The van der Waals surface area contributed by atoms with E-state index >= 15 is 0 Å². The molecule has 3 N–H and O–H groups in total. The van der Waals surface area contributed by atoms with Gasteiger partial charge in [-0.25, -0.2) is 14.4 Å². The van der Waals surface area contributed by atoms with Crippen LogP contribution in [0.1, 0.15) is 6.92 Å². The molecule has 0 aliphatic rings. The highest BCUT2D eigenvalue weighted by atomic mass is 35.5. The highest BCUT2D eigenvalue weighted by molar-refractivity contribution is 6.31. The molecule has 0 fully saturated rings. The lowest BCUT2D eigenvalue weighted by molar-refractivity contribution is 0.187. The fourth-order valence-electron chi connectivity index (χ4n) is 2.69. The Balaban J connectivity index is 1.84. The number of halogens is 2. The maximum Gasteiger partial charge on any atom is 0.162 e. The average Bonchev–Trinajstić information content (AvgIpc) is 2.70. The third-order valence-corrected chi connectivity index (χ3v) is 4.37. The maximum atomic E-state index is 13.4. The Morgan fingerprint density at radius 2 is 2.03 bits per heavy atom. The Bertz CT molecular complexity index is 987. The first-order chi connectivity index (χ1) is 14.0. The number of nitrogens with one attached hydrogen (secondary N) is 2. The lowest BCUT2D eigenvalue weighted by Gasteiger charge is -2.14. The summed E-state index contributed by atoms with van der Waals surface area (Å²) >= 11 is 5.86. The second-order valence-corrected chi connectivity index (χ2v) is 6.81. The van der Waals surface area contributed by atoms with Crippen molar-refractivity contribution >= 4 is 34.0 Å². The highest BCUT2D eigenvalue weighted by Gasteiger charge is 2.12. The number of aliphatic hydroxyl groups excluding tert-OH is 1. The minimum Gasteiger partial charge on any atom is -0.493 e. The Morgan fingerprint density at radius 1 is 1.21 bits per heavy atom. The molecule has 0 saturated carbocycles. The molecule has 0 bridgehead atoms. The summed E-state index contributed by atoms with van der Waals surface area (Å²) in [5.74, 6) is 1.11. The van der Waals surface area contributed by atoms with E-state index in [4.69, 9.17) is 21.1 Å². The number of hydrogen-bond acceptors (Lipinski definition) is 7. The van der Waals surface area contributed by atoms with E-state index in [2.05, 4.69) is 20.6 Å². The van der Waals surface area contributed by atoms with E-state index in [1.165, 1.54) is 18.5 Å². The summed E-state index contributed by atoms with van der Waals surface area (Å²) in [6, 6.07) is 7.89. The smallest absolute Gasteiger partial charge is 0.162 e. The Labute approximate surface area is 172 Å². The zero-order valence-corrected chi connectivity index (χ0v) is 16.8. The van der Waals surface area contributed by atoms with Crippen molar-refractivity contribution in [2.24, 2.45) is 0 Å². The van der Waals surface area contributed by atoms with E-state index in [1.807, 2.05) is 0 Å². The van der Waals surface area contributed by atoms with Gasteiger partial charge in [-0.2, -0.15) is 0 Å². The molecular weight excluding hydrogens is 399 g/mol. The third-order valence-electron chi connectivity index (χ3n) is 4.08. The van der Waals surface area contributed by atoms with Crippen LogP contribution in [0.3, 0.4) is 0 Å². The van der Waals surface area contributed by atoms with Crippen molar-refractivity contribution in [3.05, 3.63) is 47.5 Å². The molecule has 0 saturated heterocycles. The van der Waals surface area contributed by atoms with Crippen molar-refractivity contribution in [1.29, 1.82) is 0 Å². The molecule has 29 heavy (non-hydrogen) atoms. The Kier molecular flexibility index (Phi) is 7.03. The van der Waals surface area contributed by atoms with Crippen molar-refractivity contribution in [2.75, 3.05) is 32.1 Å². The predicted molar refractivity (Wildman–Crippen MR) is 111 cm³/mol. The zero-order chi connectivity index (χ0) is 20.8. The molecule has 0 spiro atoms. The first kappa shape index (κ1) is 21.0. The molecule has 0 amide bonds. The van der Waals surface area contributed by atoms with Crippen LogP contribution in [0, 0.1) is 5.82 Å². The summed E-state index contributed by atoms with van der Waals surface area (Å²) in [6.45, 7) is 3.15. The van der Waals surface area contributed by atoms with Gasteiger partial charge in [0.25, 0.3) is 0 Å². The fourth-order valence-corrected chi connectivity index (χ4v) is 2.87. The predicted octanol–water partition coefficient (Wildman–Crippen LogP) is 3.52. The van der Waals surface area contributed by atoms with Gasteiger partial charge in [0.15, 0.2) is 11.5 Å². The second kappa shape index (κ2) is 9.69. The number of aromatic nitrogens is 2. The standard InChI is InChI=1S/C20H22ClFN4O3/c1-12(27)10-23-5-6-29-19-8-14-17(9-18(19)28-2)24-11-25-20(14)26-13-3-4-16(22)15(21)7-13/h3-4,7-9,11-12,23,27H,5-6,10H2,1-2H3,(H,24,25,26)/t12-/m0/s1. The first-order valence-corrected chi connectivity index (χ1v) is 9.42. The van der Waals surface area contributed by atoms with Gasteiger partial charge in [0, 0.05) is 30.2 Å². The second-order valence-electron chi connectivity index (χ2n) is 6.40. The van der Waals surface area contributed by atoms with Gasteiger partial charge in [-0.1, -0.05) is 11.6 Å². The van der Waals surface area contributed by atoms with E-state index in [-0.39, 0.29) is 5.02 Å². The average molecular weight is 421 g/mol. The number of anilines is 2. The molecule has 0 unspecified atom stereocenters. The number of benzene rings is 2. The highest BCUT2D eigenvalue weighted by Crippen LogP contribution is 2.35. The van der Waals surface area contributed by atoms with Gasteiger partial charge in [-0.05, 0) is 31.2 Å². The molecule has 0 radical (unpaired) electrons. The summed E-state index contributed by atoms with van der Waals surface area (Å²) < 4.78 is 24.7. The number of methoxy groups -OCH3 is 1. The van der Waals surface area contributed by atoms with E-state index in [0.717, 1.165) is 0 Å². The molecule has 1 atom stereocenters. The quantitative estimate of drug-likeness (QED) is 0.456. The van der Waals surface area contributed by atoms with Gasteiger partial charge < -0.3 is 25.2 Å². The van der Waals surface area contributed by atoms with Crippen LogP contribution in [-0.4, -0.2) is 48.0 Å². The molecule has 7 nitrogen and oxygen atoms in total. The van der Waals surface area contributed by atoms with Crippen LogP contribution in [0.4, 0.5) is 15.9 Å². The van der Waals surface area contributed by atoms with Crippen LogP contribution in [0.2, 0.25) is 5.02 Å². The number of nitrogens with zero attached hydrogens (tertiary/aromatic N) is 2. The number of rotatable bonds is 9. The van der Waals surface area contributed by atoms with Crippen LogP contribution >= 0.6 is 11.6 Å². The van der Waals surface area contributed by atoms with Crippen LogP contribution in [0.15, 0.2) is 36.7 Å². The van der Waals surface area contributed by atoms with E-state index < -0.39 is 11.9 Å². The minimum absolute atomic E-state index is 0.0174. The van der Waals surface area contributed by atoms with Gasteiger partial charge in [0.2, 0.25) is 0 Å². The molecular formula is C20H22ClFN4O3. The molecule has 3 rings (SSSR count). The molecule has 2 aromatic carbocycles. The number of fused-ring (bicyclic) bond motifs is 1. The fraction of sp³-hybridized carbons (Fsp3) is 0.300. The number of hydrogen-bond donors (Lipinski definition) is 3. The lowest BCUT2D eigenvalue weighted by Crippen LogP contribution is -2.28. The maximum absolute atomic E-state index is 13.4. The molecule has 1 heterocycles. The molecule has 9 heteroatoms. The van der Waals surface area contributed by atoms with Crippen molar-refractivity contribution in [1.82, 2.24) is 15.3 Å². The molecule has 1 aromatic heterocycles. The van der Waals surface area contributed by atoms with Gasteiger partial charge in [-0.3, -0.25) is 0 Å². The normalized spacial score (nSPS) is 12.0. The van der Waals surface area contributed by atoms with Crippen molar-refractivity contribution in [3.8, 4) is 11.5 Å². The van der Waals surface area contributed by atoms with Crippen molar-refractivity contribution in [3.63, 3.8) is 0 Å². The summed E-state index contributed by atoms with van der Waals surface area (Å²) in [5, 5.41) is 16.2. The van der Waals surface area contributed by atoms with Crippen molar-refractivity contribution in [2.45, 2.75) is 13.0 Å². The Hall–Kier alpha value is -2.68. The number of aliphatic hydroxyl groups is 1. The first-order valence-electron chi connectivity index (χ1n) is 9.04. The van der Waals surface area contributed by atoms with Crippen LogP contribution in [0.5, 0.6) is 11.5 Å². The summed E-state index contributed by atoms with van der Waals surface area (Å²) in [6.07, 6.45) is 1.01. The van der Waals surface area contributed by atoms with Crippen LogP contribution < -0.4 is 20.1 Å². The SMILES string of the molecule is COc1cc2ncnc(Nc3ccc(F)c(Cl)c3)c2cc1OCCNC[C@H](C)O. The Morgan fingerprint density at radius 3 is 2.76 bits per heavy atom. The largest absolute Gasteiger partial charge is 0.493 e. The monoisotopic (exact) mass is 420 g/mol. The van der Waals surface area contributed by atoms with Gasteiger partial charge in [-0.15, -0.1) is 0 Å². The molecule has 0 aliphatic heterocycles. The van der Waals surface area contributed by atoms with E-state index in [0.29, 0.717) is 53.6 Å². The van der Waals surface area contributed by atoms with Crippen LogP contribution in [-0.2, 0) is 0 Å². The van der Waals surface area contributed by atoms with Gasteiger partial charge in [0.05, 0.1) is 23.8 Å². The summed E-state index contributed by atoms with van der Waals surface area (Å²) in [5.41, 5.74) is 1.25.